The second-order valence-electron chi connectivity index (χ2n) is 5.71. The fourth-order valence-corrected chi connectivity index (χ4v) is 2.77. The summed E-state index contributed by atoms with van der Waals surface area (Å²) in [5.74, 6) is 0. The molecule has 19 heavy (non-hydrogen) atoms. The highest BCUT2D eigenvalue weighted by molar-refractivity contribution is 4.91. The zero-order valence-electron chi connectivity index (χ0n) is 11.5. The van der Waals surface area contributed by atoms with Crippen molar-refractivity contribution in [2.24, 2.45) is 0 Å². The van der Waals surface area contributed by atoms with Gasteiger partial charge in [0, 0.05) is 44.2 Å². The third-order valence-electron chi connectivity index (χ3n) is 4.16. The first-order valence-corrected chi connectivity index (χ1v) is 7.38. The van der Waals surface area contributed by atoms with Crippen molar-refractivity contribution in [2.45, 2.75) is 57.3 Å². The predicted octanol–water partition coefficient (Wildman–Crippen LogP) is 1.14. The van der Waals surface area contributed by atoms with Crippen LogP contribution in [0.5, 0.6) is 0 Å². The van der Waals surface area contributed by atoms with Gasteiger partial charge < -0.3 is 10.1 Å². The van der Waals surface area contributed by atoms with Crippen LogP contribution in [0.2, 0.25) is 0 Å². The Bertz CT molecular complexity index is 469. The Kier molecular flexibility index (Phi) is 3.75. The van der Waals surface area contributed by atoms with Crippen molar-refractivity contribution >= 4 is 0 Å². The highest BCUT2D eigenvalue weighted by atomic mass is 16.5. The molecule has 0 radical (unpaired) electrons. The molecule has 1 aliphatic heterocycles. The molecule has 1 aromatic heterocycles. The minimum atomic E-state index is 0.133. The molecule has 5 heteroatoms. The number of rotatable bonds is 6. The number of nitrogens with zero attached hydrogens (tertiary/aromatic N) is 2. The molecule has 1 aromatic rings. The second-order valence-corrected chi connectivity index (χ2v) is 5.71. The van der Waals surface area contributed by atoms with Crippen LogP contribution in [0, 0.1) is 0 Å². The van der Waals surface area contributed by atoms with Crippen LogP contribution in [-0.2, 0) is 11.3 Å². The van der Waals surface area contributed by atoms with Crippen molar-refractivity contribution in [2.75, 3.05) is 13.2 Å². The Labute approximate surface area is 113 Å². The first-order valence-electron chi connectivity index (χ1n) is 7.38. The fourth-order valence-electron chi connectivity index (χ4n) is 2.77. The van der Waals surface area contributed by atoms with Crippen molar-refractivity contribution in [1.82, 2.24) is 14.5 Å². The molecule has 2 fully saturated rings. The van der Waals surface area contributed by atoms with Crippen molar-refractivity contribution in [3.8, 4) is 0 Å². The molecule has 0 aromatic carbocycles. The molecule has 5 nitrogen and oxygen atoms in total. The summed E-state index contributed by atoms with van der Waals surface area (Å²) in [6.07, 6.45) is 8.78. The topological polar surface area (TPSA) is 48.2 Å². The molecule has 1 saturated heterocycles. The van der Waals surface area contributed by atoms with Gasteiger partial charge in [-0.05, 0) is 32.6 Å². The van der Waals surface area contributed by atoms with Gasteiger partial charge in [-0.1, -0.05) is 0 Å². The fraction of sp³-hybridized carbons (Fsp3) is 0.786. The molecule has 1 saturated carbocycles. The van der Waals surface area contributed by atoms with Crippen molar-refractivity contribution in [1.29, 1.82) is 0 Å². The van der Waals surface area contributed by atoms with E-state index in [1.807, 2.05) is 17.0 Å². The molecule has 1 aliphatic carbocycles. The number of ether oxygens (including phenoxy) is 1. The predicted molar refractivity (Wildman–Crippen MR) is 73.4 cm³/mol. The monoisotopic (exact) mass is 265 g/mol. The largest absolute Gasteiger partial charge is 0.377 e. The SMILES string of the molecule is CC(NCCn1ccn(C2CC2)c1=O)C1CCCO1. The normalized spacial score (nSPS) is 24.8. The lowest BCUT2D eigenvalue weighted by Crippen LogP contribution is -2.39. The minimum Gasteiger partial charge on any atom is -0.377 e. The van der Waals surface area contributed by atoms with E-state index >= 15 is 0 Å². The number of aromatic nitrogens is 2. The smallest absolute Gasteiger partial charge is 0.328 e. The molecular formula is C14H23N3O2. The first-order chi connectivity index (χ1) is 9.25. The summed E-state index contributed by atoms with van der Waals surface area (Å²) in [7, 11) is 0. The number of hydrogen-bond donors (Lipinski definition) is 1. The third-order valence-corrected chi connectivity index (χ3v) is 4.16. The maximum Gasteiger partial charge on any atom is 0.328 e. The van der Waals surface area contributed by atoms with Gasteiger partial charge in [0.05, 0.1) is 6.10 Å². The Hall–Kier alpha value is -1.07. The van der Waals surface area contributed by atoms with Crippen LogP contribution in [-0.4, -0.2) is 34.4 Å². The minimum absolute atomic E-state index is 0.133. The van der Waals surface area contributed by atoms with E-state index in [1.54, 1.807) is 4.57 Å². The molecule has 1 N–H and O–H groups in total. The van der Waals surface area contributed by atoms with E-state index in [1.165, 1.54) is 6.42 Å². The van der Waals surface area contributed by atoms with Crippen molar-refractivity contribution < 1.29 is 4.74 Å². The number of imidazole rings is 1. The van der Waals surface area contributed by atoms with Gasteiger partial charge in [-0.15, -0.1) is 0 Å². The molecular weight excluding hydrogens is 242 g/mol. The molecule has 2 atom stereocenters. The maximum absolute atomic E-state index is 12.1. The van der Waals surface area contributed by atoms with Crippen LogP contribution < -0.4 is 11.0 Å². The molecule has 2 unspecified atom stereocenters. The Balaban J connectivity index is 1.48. The summed E-state index contributed by atoms with van der Waals surface area (Å²) < 4.78 is 9.31. The van der Waals surface area contributed by atoms with Crippen molar-refractivity contribution in [3.63, 3.8) is 0 Å². The average Bonchev–Trinajstić information content (AvgIpc) is 2.97. The van der Waals surface area contributed by atoms with Crippen LogP contribution in [0.15, 0.2) is 17.2 Å². The molecule has 0 spiro atoms. The van der Waals surface area contributed by atoms with Gasteiger partial charge in [-0.2, -0.15) is 0 Å². The standard InChI is InChI=1S/C14H23N3O2/c1-11(13-3-2-10-19-13)15-6-7-16-8-9-17(14(16)18)12-4-5-12/h8-9,11-13,15H,2-7,10H2,1H3. The van der Waals surface area contributed by atoms with Crippen molar-refractivity contribution in [3.05, 3.63) is 22.9 Å². The van der Waals surface area contributed by atoms with E-state index in [4.69, 9.17) is 4.74 Å². The lowest BCUT2D eigenvalue weighted by molar-refractivity contribution is 0.0835. The second kappa shape index (κ2) is 5.51. The average molecular weight is 265 g/mol. The molecule has 3 rings (SSSR count). The van der Waals surface area contributed by atoms with E-state index in [-0.39, 0.29) is 5.69 Å². The van der Waals surface area contributed by atoms with Gasteiger partial charge >= 0.3 is 5.69 Å². The summed E-state index contributed by atoms with van der Waals surface area (Å²) in [6, 6.07) is 0.830. The van der Waals surface area contributed by atoms with E-state index in [2.05, 4.69) is 12.2 Å². The highest BCUT2D eigenvalue weighted by Crippen LogP contribution is 2.33. The first kappa shape index (κ1) is 12.9. The summed E-state index contributed by atoms with van der Waals surface area (Å²) in [4.78, 5) is 12.1. The van der Waals surface area contributed by atoms with Gasteiger partial charge in [-0.3, -0.25) is 9.13 Å². The Morgan fingerprint density at radius 2 is 2.26 bits per heavy atom. The van der Waals surface area contributed by atoms with Crippen LogP contribution in [0.25, 0.3) is 0 Å². The van der Waals surface area contributed by atoms with Gasteiger partial charge in [0.2, 0.25) is 0 Å². The van der Waals surface area contributed by atoms with E-state index in [9.17, 15) is 4.79 Å². The zero-order valence-corrected chi connectivity index (χ0v) is 11.5. The number of nitrogens with one attached hydrogen (secondary N) is 1. The molecule has 2 heterocycles. The maximum atomic E-state index is 12.1. The Morgan fingerprint density at radius 1 is 1.42 bits per heavy atom. The van der Waals surface area contributed by atoms with Crippen LogP contribution in [0.1, 0.15) is 38.6 Å². The molecule has 2 aliphatic rings. The van der Waals surface area contributed by atoms with Gasteiger partial charge in [0.15, 0.2) is 0 Å². The lowest BCUT2D eigenvalue weighted by Gasteiger charge is -2.19. The van der Waals surface area contributed by atoms with Crippen LogP contribution in [0.4, 0.5) is 0 Å². The van der Waals surface area contributed by atoms with E-state index in [0.29, 0.717) is 18.2 Å². The molecule has 0 bridgehead atoms. The molecule has 0 amide bonds. The molecule has 106 valence electrons. The summed E-state index contributed by atoms with van der Waals surface area (Å²) in [6.45, 7) is 4.60. The van der Waals surface area contributed by atoms with E-state index in [0.717, 1.165) is 39.0 Å². The van der Waals surface area contributed by atoms with Gasteiger partial charge in [0.1, 0.15) is 0 Å². The quantitative estimate of drug-likeness (QED) is 0.839. The van der Waals surface area contributed by atoms with Crippen LogP contribution in [0.3, 0.4) is 0 Å². The third kappa shape index (κ3) is 2.92. The summed E-state index contributed by atoms with van der Waals surface area (Å²) >= 11 is 0. The van der Waals surface area contributed by atoms with Crippen LogP contribution >= 0.6 is 0 Å². The van der Waals surface area contributed by atoms with Gasteiger partial charge in [0.25, 0.3) is 0 Å². The summed E-state index contributed by atoms with van der Waals surface area (Å²) in [5.41, 5.74) is 0.133. The van der Waals surface area contributed by atoms with E-state index < -0.39 is 0 Å². The Morgan fingerprint density at radius 3 is 2.95 bits per heavy atom. The summed E-state index contributed by atoms with van der Waals surface area (Å²) in [5, 5.41) is 3.46. The zero-order chi connectivity index (χ0) is 13.2. The number of hydrogen-bond acceptors (Lipinski definition) is 3. The van der Waals surface area contributed by atoms with Gasteiger partial charge in [-0.25, -0.2) is 4.79 Å². The highest BCUT2D eigenvalue weighted by Gasteiger charge is 2.25. The lowest BCUT2D eigenvalue weighted by atomic mass is 10.1.